The number of halogens is 2. The molecule has 13 heteroatoms. The lowest BCUT2D eigenvalue weighted by Gasteiger charge is -2.35. The predicted molar refractivity (Wildman–Crippen MR) is 120 cm³/mol. The molecule has 0 unspecified atom stereocenters. The van der Waals surface area contributed by atoms with Crippen LogP contribution in [0.2, 0.25) is 0 Å². The number of carbonyl (C=O) groups is 2. The molecule has 1 saturated heterocycles. The third kappa shape index (κ3) is 7.02. The van der Waals surface area contributed by atoms with E-state index in [4.69, 9.17) is 4.84 Å². The van der Waals surface area contributed by atoms with E-state index in [1.54, 1.807) is 12.1 Å². The van der Waals surface area contributed by atoms with Crippen molar-refractivity contribution in [2.45, 2.75) is 38.5 Å². The van der Waals surface area contributed by atoms with Crippen LogP contribution in [0.1, 0.15) is 19.8 Å². The van der Waals surface area contributed by atoms with Gasteiger partial charge in [0, 0.05) is 44.7 Å². The van der Waals surface area contributed by atoms with Gasteiger partial charge in [-0.15, -0.1) is 5.10 Å². The number of hydrogen-bond acceptors (Lipinski definition) is 9. The number of aromatic nitrogens is 3. The van der Waals surface area contributed by atoms with Crippen molar-refractivity contribution < 1.29 is 27.9 Å². The van der Waals surface area contributed by atoms with Gasteiger partial charge in [-0.1, -0.05) is 0 Å². The molecular formula is C22H27F2N7O4. The number of nitrogens with one attached hydrogen (secondary N) is 2. The van der Waals surface area contributed by atoms with Crippen LogP contribution in [0.4, 0.5) is 14.7 Å². The van der Waals surface area contributed by atoms with Crippen LogP contribution in [0, 0.1) is 0 Å². The van der Waals surface area contributed by atoms with Gasteiger partial charge in [-0.25, -0.2) is 10.5 Å². The van der Waals surface area contributed by atoms with E-state index in [-0.39, 0.29) is 36.3 Å². The van der Waals surface area contributed by atoms with Crippen LogP contribution in [0.15, 0.2) is 30.5 Å². The third-order valence-corrected chi connectivity index (χ3v) is 5.79. The van der Waals surface area contributed by atoms with Crippen LogP contribution in [-0.2, 0) is 14.4 Å². The van der Waals surface area contributed by atoms with Crippen LogP contribution in [0.3, 0.4) is 0 Å². The summed E-state index contributed by atoms with van der Waals surface area (Å²) in [6.07, 6.45) is 2.78. The molecule has 35 heavy (non-hydrogen) atoms. The number of ether oxygens (including phenoxy) is 1. The van der Waals surface area contributed by atoms with Crippen molar-refractivity contribution >= 4 is 17.8 Å². The normalized spacial score (nSPS) is 20.3. The molecule has 2 heterocycles. The molecule has 2 N–H and O–H groups in total. The van der Waals surface area contributed by atoms with Crippen LogP contribution in [0.25, 0.3) is 11.3 Å². The summed E-state index contributed by atoms with van der Waals surface area (Å²) in [7, 11) is 0. The number of alkyl halides is 2. The second-order valence-electron chi connectivity index (χ2n) is 8.44. The van der Waals surface area contributed by atoms with Crippen LogP contribution in [-0.4, -0.2) is 83.4 Å². The zero-order chi connectivity index (χ0) is 24.8. The van der Waals surface area contributed by atoms with Gasteiger partial charge in [-0.3, -0.25) is 19.3 Å². The van der Waals surface area contributed by atoms with Gasteiger partial charge in [0.15, 0.2) is 0 Å². The first kappa shape index (κ1) is 24.7. The van der Waals surface area contributed by atoms with Crippen molar-refractivity contribution in [2.24, 2.45) is 0 Å². The molecule has 2 amide bonds. The maximum absolute atomic E-state index is 12.3. The van der Waals surface area contributed by atoms with Crippen LogP contribution >= 0.6 is 0 Å². The molecule has 11 nitrogen and oxygen atoms in total. The van der Waals surface area contributed by atoms with E-state index in [2.05, 4.69) is 30.7 Å². The van der Waals surface area contributed by atoms with E-state index in [1.165, 1.54) is 25.3 Å². The molecule has 0 radical (unpaired) electrons. The second kappa shape index (κ2) is 11.3. The topological polar surface area (TPSA) is 122 Å². The minimum Gasteiger partial charge on any atom is -0.435 e. The molecule has 2 fully saturated rings. The highest BCUT2D eigenvalue weighted by Crippen LogP contribution is 2.23. The average Bonchev–Trinajstić information content (AvgIpc) is 2.81. The number of hydrogen-bond donors (Lipinski definition) is 2. The van der Waals surface area contributed by atoms with Gasteiger partial charge < -0.3 is 15.0 Å². The fourth-order valence-electron chi connectivity index (χ4n) is 3.93. The Bertz CT molecular complexity index is 1010. The smallest absolute Gasteiger partial charge is 0.387 e. The van der Waals surface area contributed by atoms with E-state index < -0.39 is 6.61 Å². The van der Waals surface area contributed by atoms with Crippen molar-refractivity contribution in [1.82, 2.24) is 30.9 Å². The van der Waals surface area contributed by atoms with E-state index in [1.807, 2.05) is 9.80 Å². The number of piperazine rings is 1. The third-order valence-electron chi connectivity index (χ3n) is 5.79. The van der Waals surface area contributed by atoms with Gasteiger partial charge in [-0.2, -0.15) is 13.9 Å². The van der Waals surface area contributed by atoms with E-state index in [9.17, 15) is 18.4 Å². The quantitative estimate of drug-likeness (QED) is 0.494. The summed E-state index contributed by atoms with van der Waals surface area (Å²) in [6, 6.07) is 6.27. The molecule has 2 aromatic rings. The Balaban J connectivity index is 1.21. The largest absolute Gasteiger partial charge is 0.435 e. The molecule has 4 rings (SSSR count). The Morgan fingerprint density at radius 3 is 2.51 bits per heavy atom. The molecule has 1 aliphatic carbocycles. The Hall–Kier alpha value is -3.45. The monoisotopic (exact) mass is 491 g/mol. The first-order valence-corrected chi connectivity index (χ1v) is 11.3. The number of nitrogens with zero attached hydrogens (tertiary/aromatic N) is 5. The highest BCUT2D eigenvalue weighted by molar-refractivity contribution is 5.77. The van der Waals surface area contributed by atoms with Crippen LogP contribution in [0.5, 0.6) is 5.75 Å². The Morgan fingerprint density at radius 1 is 1.14 bits per heavy atom. The van der Waals surface area contributed by atoms with Gasteiger partial charge in [0.05, 0.1) is 24.5 Å². The summed E-state index contributed by atoms with van der Waals surface area (Å²) in [5, 5.41) is 11.0. The SMILES string of the molecule is CC(=O)NC1CC(ONC(=O)CN2CCN(c3nncc(-c4ccc(OC(F)F)cc4)n3)CC2)C1. The first-order chi connectivity index (χ1) is 16.9. The number of anilines is 1. The zero-order valence-electron chi connectivity index (χ0n) is 19.2. The lowest BCUT2D eigenvalue weighted by Crippen LogP contribution is -2.52. The van der Waals surface area contributed by atoms with E-state index in [0.29, 0.717) is 56.2 Å². The van der Waals surface area contributed by atoms with Gasteiger partial charge in [-0.05, 0) is 37.1 Å². The lowest BCUT2D eigenvalue weighted by molar-refractivity contribution is -0.147. The van der Waals surface area contributed by atoms with Gasteiger partial charge >= 0.3 is 6.61 Å². The zero-order valence-corrected chi connectivity index (χ0v) is 19.2. The number of rotatable bonds is 9. The highest BCUT2D eigenvalue weighted by Gasteiger charge is 2.31. The molecule has 0 atom stereocenters. The summed E-state index contributed by atoms with van der Waals surface area (Å²) >= 11 is 0. The summed E-state index contributed by atoms with van der Waals surface area (Å²) in [6.45, 7) is 1.30. The number of benzene rings is 1. The van der Waals surface area contributed by atoms with Crippen molar-refractivity contribution in [2.75, 3.05) is 37.6 Å². The standard InChI is InChI=1S/C22H27F2N7O4/c1-14(32)26-16-10-18(11-16)35-29-20(33)13-30-6-8-31(9-7-30)22-27-19(12-25-28-22)15-2-4-17(5-3-15)34-21(23)24/h2-5,12,16,18,21H,6-11,13H2,1H3,(H,26,32)(H,29,33). The molecular weight excluding hydrogens is 464 g/mol. The van der Waals surface area contributed by atoms with Gasteiger partial charge in [0.1, 0.15) is 5.75 Å². The summed E-state index contributed by atoms with van der Waals surface area (Å²) < 4.78 is 29.0. The molecule has 0 spiro atoms. The number of carbonyl (C=O) groups excluding carboxylic acids is 2. The Labute approximate surface area is 200 Å². The van der Waals surface area contributed by atoms with Crippen molar-refractivity contribution in [1.29, 1.82) is 0 Å². The maximum Gasteiger partial charge on any atom is 0.387 e. The van der Waals surface area contributed by atoms with Crippen molar-refractivity contribution in [3.63, 3.8) is 0 Å². The molecule has 1 aromatic heterocycles. The predicted octanol–water partition coefficient (Wildman–Crippen LogP) is 0.977. The van der Waals surface area contributed by atoms with E-state index >= 15 is 0 Å². The van der Waals surface area contributed by atoms with Crippen molar-refractivity contribution in [3.8, 4) is 17.0 Å². The van der Waals surface area contributed by atoms with Crippen LogP contribution < -0.4 is 20.4 Å². The minimum absolute atomic E-state index is 0.0680. The van der Waals surface area contributed by atoms with Gasteiger partial charge in [0.25, 0.3) is 5.91 Å². The second-order valence-corrected chi connectivity index (χ2v) is 8.44. The molecule has 2 aliphatic rings. The minimum atomic E-state index is -2.88. The summed E-state index contributed by atoms with van der Waals surface area (Å²) in [5.74, 6) is 0.237. The number of hydroxylamine groups is 1. The Morgan fingerprint density at radius 2 is 1.86 bits per heavy atom. The fraction of sp³-hybridized carbons (Fsp3) is 0.500. The molecule has 1 aliphatic heterocycles. The Kier molecular flexibility index (Phi) is 7.98. The molecule has 1 saturated carbocycles. The number of amides is 2. The lowest BCUT2D eigenvalue weighted by atomic mass is 9.89. The molecule has 188 valence electrons. The summed E-state index contributed by atoms with van der Waals surface area (Å²) in [5.41, 5.74) is 3.76. The van der Waals surface area contributed by atoms with Gasteiger partial charge in [0.2, 0.25) is 11.9 Å². The first-order valence-electron chi connectivity index (χ1n) is 11.3. The average molecular weight is 491 g/mol. The highest BCUT2D eigenvalue weighted by atomic mass is 19.3. The molecule has 0 bridgehead atoms. The summed E-state index contributed by atoms with van der Waals surface area (Å²) in [4.78, 5) is 37.2. The van der Waals surface area contributed by atoms with E-state index in [0.717, 1.165) is 0 Å². The maximum atomic E-state index is 12.3. The fourth-order valence-corrected chi connectivity index (χ4v) is 3.93. The van der Waals surface area contributed by atoms with Crippen molar-refractivity contribution in [3.05, 3.63) is 30.5 Å². The molecule has 1 aromatic carbocycles.